The number of hydrogen-bond donors (Lipinski definition) is 1. The smallest absolute Gasteiger partial charge is 0.236 e. The first kappa shape index (κ1) is 12.7. The number of sulfonamides is 1. The lowest BCUT2D eigenvalue weighted by molar-refractivity contribution is 0.592. The number of rotatable bonds is 3. The molecule has 1 N–H and O–H groups in total. The maximum absolute atomic E-state index is 11.5. The van der Waals surface area contributed by atoms with E-state index in [1.165, 1.54) is 12.3 Å². The first-order valence-electron chi connectivity index (χ1n) is 4.15. The van der Waals surface area contributed by atoms with Crippen molar-refractivity contribution in [2.75, 3.05) is 4.72 Å². The highest BCUT2D eigenvalue weighted by Gasteiger charge is 2.16. The Hall–Kier alpha value is -0.330. The van der Waals surface area contributed by atoms with Gasteiger partial charge in [0.05, 0.1) is 14.7 Å². The van der Waals surface area contributed by atoms with Crippen LogP contribution in [-0.2, 0) is 10.0 Å². The SMILES string of the molecule is CC(C)S(=O)(=O)Nc1cc(Cl)c(Br)cn1. The molecule has 15 heavy (non-hydrogen) atoms. The van der Waals surface area contributed by atoms with E-state index in [0.717, 1.165) is 0 Å². The molecular formula is C8H10BrClN2O2S. The Balaban J connectivity index is 2.96. The summed E-state index contributed by atoms with van der Waals surface area (Å²) in [5.41, 5.74) is 0. The fourth-order valence-corrected chi connectivity index (χ4v) is 1.74. The zero-order valence-electron chi connectivity index (χ0n) is 8.16. The van der Waals surface area contributed by atoms with Crippen LogP contribution in [-0.4, -0.2) is 18.7 Å². The van der Waals surface area contributed by atoms with E-state index in [0.29, 0.717) is 9.50 Å². The summed E-state index contributed by atoms with van der Waals surface area (Å²) in [6.45, 7) is 3.17. The van der Waals surface area contributed by atoms with Gasteiger partial charge in [0.2, 0.25) is 10.0 Å². The van der Waals surface area contributed by atoms with Crippen molar-refractivity contribution in [3.8, 4) is 0 Å². The summed E-state index contributed by atoms with van der Waals surface area (Å²) in [4.78, 5) is 3.89. The monoisotopic (exact) mass is 312 g/mol. The Morgan fingerprint density at radius 1 is 1.53 bits per heavy atom. The van der Waals surface area contributed by atoms with Gasteiger partial charge in [-0.1, -0.05) is 11.6 Å². The van der Waals surface area contributed by atoms with Crippen LogP contribution in [0.3, 0.4) is 0 Å². The Morgan fingerprint density at radius 3 is 2.60 bits per heavy atom. The van der Waals surface area contributed by atoms with Gasteiger partial charge in [-0.25, -0.2) is 13.4 Å². The van der Waals surface area contributed by atoms with Crippen molar-refractivity contribution in [1.82, 2.24) is 4.98 Å². The van der Waals surface area contributed by atoms with E-state index in [-0.39, 0.29) is 5.82 Å². The molecule has 7 heteroatoms. The van der Waals surface area contributed by atoms with E-state index in [4.69, 9.17) is 11.6 Å². The molecule has 0 bridgehead atoms. The van der Waals surface area contributed by atoms with Gasteiger partial charge in [-0.05, 0) is 29.8 Å². The van der Waals surface area contributed by atoms with Crippen LogP contribution in [0.5, 0.6) is 0 Å². The summed E-state index contributed by atoms with van der Waals surface area (Å²) in [6, 6.07) is 1.45. The van der Waals surface area contributed by atoms with E-state index < -0.39 is 15.3 Å². The molecule has 0 atom stereocenters. The number of pyridine rings is 1. The third-order valence-electron chi connectivity index (χ3n) is 1.68. The number of halogens is 2. The Kier molecular flexibility index (Phi) is 3.97. The molecule has 1 aromatic heterocycles. The van der Waals surface area contributed by atoms with Crippen LogP contribution in [0.1, 0.15) is 13.8 Å². The summed E-state index contributed by atoms with van der Waals surface area (Å²) in [5.74, 6) is 0.219. The minimum Gasteiger partial charge on any atom is -0.267 e. The molecule has 4 nitrogen and oxygen atoms in total. The van der Waals surface area contributed by atoms with Crippen molar-refractivity contribution in [3.63, 3.8) is 0 Å². The van der Waals surface area contributed by atoms with Gasteiger partial charge in [0, 0.05) is 12.3 Å². The molecule has 0 saturated heterocycles. The molecule has 84 valence electrons. The van der Waals surface area contributed by atoms with Gasteiger partial charge in [-0.15, -0.1) is 0 Å². The largest absolute Gasteiger partial charge is 0.267 e. The number of nitrogens with one attached hydrogen (secondary N) is 1. The second-order valence-electron chi connectivity index (χ2n) is 3.18. The van der Waals surface area contributed by atoms with Gasteiger partial charge in [-0.3, -0.25) is 4.72 Å². The second-order valence-corrected chi connectivity index (χ2v) is 6.68. The lowest BCUT2D eigenvalue weighted by Gasteiger charge is -2.10. The third-order valence-corrected chi connectivity index (χ3v) is 4.58. The average Bonchev–Trinajstić information content (AvgIpc) is 2.10. The molecule has 0 aromatic carbocycles. The van der Waals surface area contributed by atoms with Gasteiger partial charge in [0.25, 0.3) is 0 Å². The molecule has 0 radical (unpaired) electrons. The van der Waals surface area contributed by atoms with E-state index >= 15 is 0 Å². The van der Waals surface area contributed by atoms with E-state index in [1.807, 2.05) is 0 Å². The predicted octanol–water partition coefficient (Wildman–Crippen LogP) is 2.65. The van der Waals surface area contributed by atoms with Gasteiger partial charge >= 0.3 is 0 Å². The van der Waals surface area contributed by atoms with Gasteiger partial charge in [0.15, 0.2) is 0 Å². The van der Waals surface area contributed by atoms with Gasteiger partial charge in [-0.2, -0.15) is 0 Å². The van der Waals surface area contributed by atoms with Crippen LogP contribution in [0, 0.1) is 0 Å². The molecule has 1 rings (SSSR count). The molecule has 0 aliphatic rings. The van der Waals surface area contributed by atoms with E-state index in [1.54, 1.807) is 13.8 Å². The number of nitrogens with zero attached hydrogens (tertiary/aromatic N) is 1. The summed E-state index contributed by atoms with van der Waals surface area (Å²) in [6.07, 6.45) is 1.44. The fraction of sp³-hybridized carbons (Fsp3) is 0.375. The molecular weight excluding hydrogens is 304 g/mol. The summed E-state index contributed by atoms with van der Waals surface area (Å²) < 4.78 is 25.9. The summed E-state index contributed by atoms with van der Waals surface area (Å²) in [5, 5.41) is -0.104. The van der Waals surface area contributed by atoms with Gasteiger partial charge < -0.3 is 0 Å². The van der Waals surface area contributed by atoms with Crippen molar-refractivity contribution in [2.24, 2.45) is 0 Å². The van der Waals surface area contributed by atoms with Crippen LogP contribution in [0.25, 0.3) is 0 Å². The molecule has 1 aromatic rings. The number of aromatic nitrogens is 1. The topological polar surface area (TPSA) is 59.1 Å². The number of hydrogen-bond acceptors (Lipinski definition) is 3. The van der Waals surface area contributed by atoms with Crippen LogP contribution in [0.15, 0.2) is 16.7 Å². The summed E-state index contributed by atoms with van der Waals surface area (Å²) >= 11 is 8.97. The predicted molar refractivity (Wildman–Crippen MR) is 64.6 cm³/mol. The Morgan fingerprint density at radius 2 is 2.13 bits per heavy atom. The molecule has 0 spiro atoms. The fourth-order valence-electron chi connectivity index (χ4n) is 0.734. The zero-order valence-corrected chi connectivity index (χ0v) is 11.3. The first-order valence-corrected chi connectivity index (χ1v) is 6.87. The second kappa shape index (κ2) is 4.67. The Labute approximate surface area is 102 Å². The van der Waals surface area contributed by atoms with Crippen molar-refractivity contribution in [2.45, 2.75) is 19.1 Å². The lowest BCUT2D eigenvalue weighted by Crippen LogP contribution is -2.22. The van der Waals surface area contributed by atoms with E-state index in [9.17, 15) is 8.42 Å². The lowest BCUT2D eigenvalue weighted by atomic mass is 10.5. The van der Waals surface area contributed by atoms with Crippen molar-refractivity contribution < 1.29 is 8.42 Å². The highest BCUT2D eigenvalue weighted by Crippen LogP contribution is 2.24. The quantitative estimate of drug-likeness (QED) is 0.933. The zero-order chi connectivity index (χ0) is 11.6. The molecule has 0 aliphatic carbocycles. The van der Waals surface area contributed by atoms with Gasteiger partial charge in [0.1, 0.15) is 5.82 Å². The van der Waals surface area contributed by atoms with Crippen molar-refractivity contribution in [3.05, 3.63) is 21.8 Å². The van der Waals surface area contributed by atoms with Crippen LogP contribution < -0.4 is 4.72 Å². The van der Waals surface area contributed by atoms with Crippen LogP contribution in [0.4, 0.5) is 5.82 Å². The van der Waals surface area contributed by atoms with Crippen LogP contribution in [0.2, 0.25) is 5.02 Å². The minimum absolute atomic E-state index is 0.219. The molecule has 0 aliphatic heterocycles. The molecule has 1 heterocycles. The summed E-state index contributed by atoms with van der Waals surface area (Å²) in [7, 11) is -3.37. The highest BCUT2D eigenvalue weighted by molar-refractivity contribution is 9.10. The maximum atomic E-state index is 11.5. The normalized spacial score (nSPS) is 11.8. The highest BCUT2D eigenvalue weighted by atomic mass is 79.9. The molecule has 0 saturated carbocycles. The standard InChI is InChI=1S/C8H10BrClN2O2S/c1-5(2)15(13,14)12-8-3-7(10)6(9)4-11-8/h3-5H,1-2H3,(H,11,12). The number of anilines is 1. The molecule has 0 unspecified atom stereocenters. The average molecular weight is 314 g/mol. The molecule has 0 amide bonds. The van der Waals surface area contributed by atoms with Crippen molar-refractivity contribution >= 4 is 43.4 Å². The van der Waals surface area contributed by atoms with Crippen molar-refractivity contribution in [1.29, 1.82) is 0 Å². The first-order chi connectivity index (χ1) is 6.83. The molecule has 0 fully saturated rings. The van der Waals surface area contributed by atoms with Crippen LogP contribution >= 0.6 is 27.5 Å². The minimum atomic E-state index is -3.37. The van der Waals surface area contributed by atoms with E-state index in [2.05, 4.69) is 25.6 Å². The maximum Gasteiger partial charge on any atom is 0.236 e. The third kappa shape index (κ3) is 3.32. The Bertz CT molecular complexity index is 462.